The topological polar surface area (TPSA) is 64.0 Å². The molecule has 1 heterocycles. The van der Waals surface area contributed by atoms with E-state index < -0.39 is 5.41 Å². The van der Waals surface area contributed by atoms with Gasteiger partial charge in [0.15, 0.2) is 5.78 Å². The Morgan fingerprint density at radius 2 is 1.75 bits per heavy atom. The SMILES string of the molecule is Cn1nc(C(C)(C)C)cc1C(=O)NCC(=O)C(C)(C)C. The highest BCUT2D eigenvalue weighted by molar-refractivity contribution is 5.96. The molecule has 0 aromatic carbocycles. The predicted molar refractivity (Wildman–Crippen MR) is 78.7 cm³/mol. The first-order valence-electron chi connectivity index (χ1n) is 6.79. The monoisotopic (exact) mass is 279 g/mol. The van der Waals surface area contributed by atoms with Crippen molar-refractivity contribution in [3.63, 3.8) is 0 Å². The average molecular weight is 279 g/mol. The number of ketones is 1. The quantitative estimate of drug-likeness (QED) is 0.921. The van der Waals surface area contributed by atoms with E-state index in [1.165, 1.54) is 0 Å². The van der Waals surface area contributed by atoms with Crippen molar-refractivity contribution in [3.05, 3.63) is 17.5 Å². The van der Waals surface area contributed by atoms with E-state index in [0.717, 1.165) is 5.69 Å². The van der Waals surface area contributed by atoms with Crippen molar-refractivity contribution in [2.24, 2.45) is 12.5 Å². The molecule has 0 saturated carbocycles. The molecule has 1 rings (SSSR count). The molecule has 5 nitrogen and oxygen atoms in total. The summed E-state index contributed by atoms with van der Waals surface area (Å²) >= 11 is 0. The Hall–Kier alpha value is -1.65. The van der Waals surface area contributed by atoms with Crippen LogP contribution in [0.4, 0.5) is 0 Å². The predicted octanol–water partition coefficient (Wildman–Crippen LogP) is 2.06. The third kappa shape index (κ3) is 3.92. The second kappa shape index (κ2) is 5.38. The highest BCUT2D eigenvalue weighted by Gasteiger charge is 2.24. The minimum Gasteiger partial charge on any atom is -0.344 e. The summed E-state index contributed by atoms with van der Waals surface area (Å²) in [6.07, 6.45) is 0. The number of hydrogen-bond donors (Lipinski definition) is 1. The van der Waals surface area contributed by atoms with Gasteiger partial charge in [0.2, 0.25) is 0 Å². The van der Waals surface area contributed by atoms with E-state index in [-0.39, 0.29) is 23.7 Å². The van der Waals surface area contributed by atoms with E-state index >= 15 is 0 Å². The Labute approximate surface area is 120 Å². The van der Waals surface area contributed by atoms with Crippen molar-refractivity contribution >= 4 is 11.7 Å². The summed E-state index contributed by atoms with van der Waals surface area (Å²) in [5.41, 5.74) is 0.761. The van der Waals surface area contributed by atoms with E-state index in [1.54, 1.807) is 17.8 Å². The molecule has 0 aliphatic rings. The molecule has 1 N–H and O–H groups in total. The van der Waals surface area contributed by atoms with Crippen LogP contribution in [0.2, 0.25) is 0 Å². The van der Waals surface area contributed by atoms with Crippen LogP contribution in [-0.4, -0.2) is 28.0 Å². The van der Waals surface area contributed by atoms with Crippen molar-refractivity contribution in [2.75, 3.05) is 6.54 Å². The number of nitrogens with one attached hydrogen (secondary N) is 1. The summed E-state index contributed by atoms with van der Waals surface area (Å²) in [7, 11) is 1.73. The van der Waals surface area contributed by atoms with E-state index in [4.69, 9.17) is 0 Å². The molecule has 1 aromatic heterocycles. The zero-order valence-electron chi connectivity index (χ0n) is 13.5. The number of carbonyl (C=O) groups excluding carboxylic acids is 2. The van der Waals surface area contributed by atoms with Gasteiger partial charge in [-0.05, 0) is 6.07 Å². The van der Waals surface area contributed by atoms with E-state index in [1.807, 2.05) is 41.5 Å². The summed E-state index contributed by atoms with van der Waals surface area (Å²) in [5.74, 6) is -0.267. The summed E-state index contributed by atoms with van der Waals surface area (Å²) < 4.78 is 1.55. The van der Waals surface area contributed by atoms with Gasteiger partial charge in [-0.15, -0.1) is 0 Å². The number of carbonyl (C=O) groups is 2. The molecule has 0 aliphatic heterocycles. The van der Waals surface area contributed by atoms with Gasteiger partial charge in [0.25, 0.3) is 5.91 Å². The fourth-order valence-corrected chi connectivity index (χ4v) is 1.56. The molecule has 5 heteroatoms. The second-order valence-electron chi connectivity index (χ2n) is 7.14. The number of hydrogen-bond acceptors (Lipinski definition) is 3. The Kier molecular flexibility index (Phi) is 4.42. The van der Waals surface area contributed by atoms with E-state index in [9.17, 15) is 9.59 Å². The molecule has 0 spiro atoms. The highest BCUT2D eigenvalue weighted by Crippen LogP contribution is 2.21. The van der Waals surface area contributed by atoms with E-state index in [0.29, 0.717) is 5.69 Å². The van der Waals surface area contributed by atoms with E-state index in [2.05, 4.69) is 10.4 Å². The van der Waals surface area contributed by atoms with Crippen LogP contribution < -0.4 is 5.32 Å². The molecular formula is C15H25N3O2. The van der Waals surface area contributed by atoms with Crippen molar-refractivity contribution in [1.29, 1.82) is 0 Å². The normalized spacial score (nSPS) is 12.3. The molecule has 0 atom stereocenters. The number of Topliss-reactive ketones (excluding diaryl/α,β-unsaturated/α-hetero) is 1. The van der Waals surface area contributed by atoms with Gasteiger partial charge in [0.05, 0.1) is 12.2 Å². The third-order valence-corrected chi connectivity index (χ3v) is 3.13. The molecule has 0 radical (unpaired) electrons. The van der Waals surface area contributed by atoms with Gasteiger partial charge in [-0.2, -0.15) is 5.10 Å². The van der Waals surface area contributed by atoms with Gasteiger partial charge in [0, 0.05) is 17.9 Å². The lowest BCUT2D eigenvalue weighted by molar-refractivity contribution is -0.125. The van der Waals surface area contributed by atoms with Crippen molar-refractivity contribution in [1.82, 2.24) is 15.1 Å². The molecule has 0 bridgehead atoms. The minimum atomic E-state index is -0.448. The smallest absolute Gasteiger partial charge is 0.269 e. The summed E-state index contributed by atoms with van der Waals surface area (Å²) in [4.78, 5) is 23.9. The number of nitrogens with zero attached hydrogens (tertiary/aromatic N) is 2. The Morgan fingerprint density at radius 1 is 1.20 bits per heavy atom. The highest BCUT2D eigenvalue weighted by atomic mass is 16.2. The van der Waals surface area contributed by atoms with Gasteiger partial charge < -0.3 is 5.32 Å². The van der Waals surface area contributed by atoms with Gasteiger partial charge in [-0.25, -0.2) is 0 Å². The van der Waals surface area contributed by atoms with Gasteiger partial charge in [0.1, 0.15) is 5.69 Å². The molecule has 1 amide bonds. The number of amides is 1. The Bertz CT molecular complexity index is 516. The maximum Gasteiger partial charge on any atom is 0.269 e. The lowest BCUT2D eigenvalue weighted by atomic mass is 9.91. The lowest BCUT2D eigenvalue weighted by Gasteiger charge is -2.16. The summed E-state index contributed by atoms with van der Waals surface area (Å²) in [6, 6.07) is 1.77. The van der Waals surface area contributed by atoms with Crippen LogP contribution in [0.5, 0.6) is 0 Å². The molecule has 112 valence electrons. The molecule has 0 fully saturated rings. The molecule has 20 heavy (non-hydrogen) atoms. The number of aromatic nitrogens is 2. The van der Waals surface area contributed by atoms with Gasteiger partial charge >= 0.3 is 0 Å². The van der Waals surface area contributed by atoms with Crippen LogP contribution in [-0.2, 0) is 17.3 Å². The first kappa shape index (κ1) is 16.4. The molecular weight excluding hydrogens is 254 g/mol. The largest absolute Gasteiger partial charge is 0.344 e. The van der Waals surface area contributed by atoms with Crippen molar-refractivity contribution in [2.45, 2.75) is 47.0 Å². The maximum absolute atomic E-state index is 12.1. The molecule has 0 saturated heterocycles. The van der Waals surface area contributed by atoms with Gasteiger partial charge in [-0.1, -0.05) is 41.5 Å². The third-order valence-electron chi connectivity index (χ3n) is 3.13. The maximum atomic E-state index is 12.1. The van der Waals surface area contributed by atoms with Crippen LogP contribution in [0, 0.1) is 5.41 Å². The molecule has 0 aliphatic carbocycles. The molecule has 1 aromatic rings. The Morgan fingerprint density at radius 3 is 2.15 bits per heavy atom. The van der Waals surface area contributed by atoms with Crippen molar-refractivity contribution < 1.29 is 9.59 Å². The first-order chi connectivity index (χ1) is 8.93. The van der Waals surface area contributed by atoms with Crippen LogP contribution in [0.1, 0.15) is 57.7 Å². The van der Waals surface area contributed by atoms with Crippen LogP contribution in [0.15, 0.2) is 6.07 Å². The summed E-state index contributed by atoms with van der Waals surface area (Å²) in [6.45, 7) is 11.7. The average Bonchev–Trinajstić information content (AvgIpc) is 2.66. The lowest BCUT2D eigenvalue weighted by Crippen LogP contribution is -2.36. The zero-order chi connectivity index (χ0) is 15.7. The van der Waals surface area contributed by atoms with Crippen LogP contribution >= 0.6 is 0 Å². The molecule has 0 unspecified atom stereocenters. The zero-order valence-corrected chi connectivity index (χ0v) is 13.5. The van der Waals surface area contributed by atoms with Crippen LogP contribution in [0.3, 0.4) is 0 Å². The fourth-order valence-electron chi connectivity index (χ4n) is 1.56. The first-order valence-corrected chi connectivity index (χ1v) is 6.79. The fraction of sp³-hybridized carbons (Fsp3) is 0.667. The number of aryl methyl sites for hydroxylation is 1. The van der Waals surface area contributed by atoms with Crippen molar-refractivity contribution in [3.8, 4) is 0 Å². The standard InChI is InChI=1S/C15H25N3O2/c1-14(2,3)11-8-10(18(7)17-11)13(20)16-9-12(19)15(4,5)6/h8H,9H2,1-7H3,(H,16,20). The number of rotatable bonds is 3. The Balaban J connectivity index is 2.79. The van der Waals surface area contributed by atoms with Gasteiger partial charge in [-0.3, -0.25) is 14.3 Å². The van der Waals surface area contributed by atoms with Crippen LogP contribution in [0.25, 0.3) is 0 Å². The summed E-state index contributed by atoms with van der Waals surface area (Å²) in [5, 5.41) is 7.01. The second-order valence-corrected chi connectivity index (χ2v) is 7.14. The minimum absolute atomic E-state index is 0.00376.